The quantitative estimate of drug-likeness (QED) is 0.842. The summed E-state index contributed by atoms with van der Waals surface area (Å²) >= 11 is 0. The number of aryl methyl sites for hydroxylation is 1. The van der Waals surface area contributed by atoms with E-state index in [1.165, 1.54) is 12.8 Å². The van der Waals surface area contributed by atoms with Crippen molar-refractivity contribution < 1.29 is 9.21 Å². The summed E-state index contributed by atoms with van der Waals surface area (Å²) in [6.45, 7) is 6.54. The number of rotatable bonds is 5. The number of hydrogen-bond donors (Lipinski definition) is 2. The van der Waals surface area contributed by atoms with Crippen molar-refractivity contribution in [2.45, 2.75) is 32.2 Å². The number of carbonyl (C=O) groups excluding carboxylic acids is 1. The topological polar surface area (TPSA) is 57.5 Å². The molecule has 3 rings (SSSR count). The van der Waals surface area contributed by atoms with Gasteiger partial charge in [-0.2, -0.15) is 0 Å². The summed E-state index contributed by atoms with van der Waals surface area (Å²) in [7, 11) is 0. The maximum absolute atomic E-state index is 12.2. The van der Waals surface area contributed by atoms with Gasteiger partial charge in [-0.1, -0.05) is 0 Å². The van der Waals surface area contributed by atoms with Crippen LogP contribution in [0, 0.1) is 12.8 Å². The molecule has 1 amide bonds. The largest absolute Gasteiger partial charge is 0.465 e. The molecule has 132 valence electrons. The molecule has 5 nitrogen and oxygen atoms in total. The summed E-state index contributed by atoms with van der Waals surface area (Å²) in [5, 5.41) is 6.37. The highest BCUT2D eigenvalue weighted by atomic mass is 35.5. The standard InChI is InChI=1S/C16H25N3O2.2ClH/c1-12-4-5-15(21-12)14(19-8-2-3-9-19)11-18-16(20)13-6-7-17-10-13;;/h4-5,13-14,17H,2-3,6-11H2,1H3,(H,18,20);2*1H. The van der Waals surface area contributed by atoms with E-state index in [0.29, 0.717) is 6.54 Å². The first-order valence-corrected chi connectivity index (χ1v) is 8.03. The average Bonchev–Trinajstić information content (AvgIpc) is 3.21. The Bertz CT molecular complexity index is 483. The summed E-state index contributed by atoms with van der Waals surface area (Å²) < 4.78 is 5.81. The highest BCUT2D eigenvalue weighted by molar-refractivity contribution is 5.85. The van der Waals surface area contributed by atoms with E-state index in [4.69, 9.17) is 4.42 Å². The first kappa shape index (κ1) is 20.3. The lowest BCUT2D eigenvalue weighted by molar-refractivity contribution is -0.124. The minimum Gasteiger partial charge on any atom is -0.465 e. The van der Waals surface area contributed by atoms with Crippen LogP contribution in [-0.2, 0) is 4.79 Å². The molecule has 7 heteroatoms. The summed E-state index contributed by atoms with van der Waals surface area (Å²) in [5.74, 6) is 2.20. The van der Waals surface area contributed by atoms with Gasteiger partial charge in [0, 0.05) is 13.1 Å². The molecule has 2 atom stereocenters. The molecule has 2 saturated heterocycles. The van der Waals surface area contributed by atoms with Gasteiger partial charge in [0.05, 0.1) is 12.0 Å². The van der Waals surface area contributed by atoms with Crippen molar-refractivity contribution in [1.82, 2.24) is 15.5 Å². The predicted octanol–water partition coefficient (Wildman–Crippen LogP) is 2.29. The molecule has 2 aliphatic heterocycles. The third-order valence-electron chi connectivity index (χ3n) is 4.57. The van der Waals surface area contributed by atoms with E-state index in [2.05, 4.69) is 15.5 Å². The van der Waals surface area contributed by atoms with Crippen molar-refractivity contribution in [2.75, 3.05) is 32.7 Å². The minimum atomic E-state index is 0. The van der Waals surface area contributed by atoms with Crippen molar-refractivity contribution in [3.05, 3.63) is 23.7 Å². The fourth-order valence-corrected chi connectivity index (χ4v) is 3.32. The van der Waals surface area contributed by atoms with Crippen LogP contribution in [-0.4, -0.2) is 43.5 Å². The van der Waals surface area contributed by atoms with E-state index in [9.17, 15) is 4.79 Å². The molecule has 1 aromatic rings. The number of hydrogen-bond acceptors (Lipinski definition) is 4. The Balaban J connectivity index is 0.00000132. The second-order valence-electron chi connectivity index (χ2n) is 6.14. The molecule has 1 aromatic heterocycles. The van der Waals surface area contributed by atoms with E-state index in [0.717, 1.165) is 44.1 Å². The van der Waals surface area contributed by atoms with Crippen molar-refractivity contribution in [3.63, 3.8) is 0 Å². The zero-order valence-electron chi connectivity index (χ0n) is 13.5. The Labute approximate surface area is 150 Å². The third kappa shape index (κ3) is 5.11. The van der Waals surface area contributed by atoms with Crippen LogP contribution in [0.1, 0.15) is 36.8 Å². The van der Waals surface area contributed by atoms with Crippen LogP contribution >= 0.6 is 24.8 Å². The zero-order chi connectivity index (χ0) is 14.7. The molecule has 0 radical (unpaired) electrons. The van der Waals surface area contributed by atoms with E-state index < -0.39 is 0 Å². The van der Waals surface area contributed by atoms with E-state index in [-0.39, 0.29) is 42.7 Å². The molecule has 23 heavy (non-hydrogen) atoms. The van der Waals surface area contributed by atoms with Gasteiger partial charge in [-0.15, -0.1) is 24.8 Å². The van der Waals surface area contributed by atoms with E-state index in [1.54, 1.807) is 0 Å². The van der Waals surface area contributed by atoms with Gasteiger partial charge in [0.2, 0.25) is 5.91 Å². The highest BCUT2D eigenvalue weighted by Gasteiger charge is 2.28. The Kier molecular flexibility index (Phi) is 8.40. The van der Waals surface area contributed by atoms with Crippen LogP contribution in [0.15, 0.2) is 16.5 Å². The van der Waals surface area contributed by atoms with E-state index >= 15 is 0 Å². The molecule has 0 bridgehead atoms. The fourth-order valence-electron chi connectivity index (χ4n) is 3.32. The second-order valence-corrected chi connectivity index (χ2v) is 6.14. The SMILES string of the molecule is Cc1ccc(C(CNC(=O)C2CCNC2)N2CCCC2)o1.Cl.Cl. The van der Waals surface area contributed by atoms with Crippen LogP contribution < -0.4 is 10.6 Å². The van der Waals surface area contributed by atoms with Gasteiger partial charge in [0.25, 0.3) is 0 Å². The Morgan fingerprint density at radius 1 is 1.39 bits per heavy atom. The molecule has 2 aliphatic rings. The molecule has 0 spiro atoms. The van der Waals surface area contributed by atoms with Gasteiger partial charge < -0.3 is 15.1 Å². The van der Waals surface area contributed by atoms with Gasteiger partial charge in [-0.05, 0) is 58.0 Å². The summed E-state index contributed by atoms with van der Waals surface area (Å²) in [6.07, 6.45) is 3.41. The van der Waals surface area contributed by atoms with Crippen LogP contribution in [0.2, 0.25) is 0 Å². The number of nitrogens with zero attached hydrogens (tertiary/aromatic N) is 1. The lowest BCUT2D eigenvalue weighted by atomic mass is 10.1. The van der Waals surface area contributed by atoms with Gasteiger partial charge in [-0.3, -0.25) is 9.69 Å². The van der Waals surface area contributed by atoms with Crippen LogP contribution in [0.25, 0.3) is 0 Å². The predicted molar refractivity (Wildman–Crippen MR) is 95.5 cm³/mol. The molecular weight excluding hydrogens is 337 g/mol. The zero-order valence-corrected chi connectivity index (χ0v) is 15.2. The number of carbonyl (C=O) groups is 1. The van der Waals surface area contributed by atoms with Gasteiger partial charge in [0.1, 0.15) is 11.5 Å². The molecule has 0 saturated carbocycles. The van der Waals surface area contributed by atoms with Crippen LogP contribution in [0.3, 0.4) is 0 Å². The Hall–Kier alpha value is -0.750. The maximum atomic E-state index is 12.2. The third-order valence-corrected chi connectivity index (χ3v) is 4.57. The number of halogens is 2. The monoisotopic (exact) mass is 363 g/mol. The summed E-state index contributed by atoms with van der Waals surface area (Å²) in [4.78, 5) is 14.6. The van der Waals surface area contributed by atoms with Crippen LogP contribution in [0.4, 0.5) is 0 Å². The van der Waals surface area contributed by atoms with Gasteiger partial charge in [0.15, 0.2) is 0 Å². The lowest BCUT2D eigenvalue weighted by Crippen LogP contribution is -2.39. The lowest BCUT2D eigenvalue weighted by Gasteiger charge is -2.26. The molecule has 2 fully saturated rings. The first-order valence-electron chi connectivity index (χ1n) is 8.03. The number of amides is 1. The normalized spacial score (nSPS) is 22.2. The van der Waals surface area contributed by atoms with Crippen molar-refractivity contribution in [1.29, 1.82) is 0 Å². The smallest absolute Gasteiger partial charge is 0.224 e. The molecule has 2 unspecified atom stereocenters. The fraction of sp³-hybridized carbons (Fsp3) is 0.688. The summed E-state index contributed by atoms with van der Waals surface area (Å²) in [5.41, 5.74) is 0. The second kappa shape index (κ2) is 9.52. The Morgan fingerprint density at radius 2 is 2.13 bits per heavy atom. The number of nitrogens with one attached hydrogen (secondary N) is 2. The van der Waals surface area contributed by atoms with Gasteiger partial charge in [-0.25, -0.2) is 0 Å². The molecule has 0 aromatic carbocycles. The van der Waals surface area contributed by atoms with E-state index in [1.807, 2.05) is 19.1 Å². The molecular formula is C16H27Cl2N3O2. The molecule has 3 heterocycles. The first-order chi connectivity index (χ1) is 10.2. The van der Waals surface area contributed by atoms with Crippen molar-refractivity contribution in [3.8, 4) is 0 Å². The average molecular weight is 364 g/mol. The number of likely N-dealkylation sites (tertiary alicyclic amines) is 1. The van der Waals surface area contributed by atoms with Crippen LogP contribution in [0.5, 0.6) is 0 Å². The Morgan fingerprint density at radius 3 is 2.70 bits per heavy atom. The van der Waals surface area contributed by atoms with Crippen molar-refractivity contribution in [2.24, 2.45) is 5.92 Å². The summed E-state index contributed by atoms with van der Waals surface area (Å²) in [6, 6.07) is 4.21. The minimum absolute atomic E-state index is 0. The number of furan rings is 1. The highest BCUT2D eigenvalue weighted by Crippen LogP contribution is 2.26. The van der Waals surface area contributed by atoms with Crippen molar-refractivity contribution >= 4 is 30.7 Å². The van der Waals surface area contributed by atoms with Gasteiger partial charge >= 0.3 is 0 Å². The molecule has 0 aliphatic carbocycles. The maximum Gasteiger partial charge on any atom is 0.224 e. The molecule has 2 N–H and O–H groups in total.